The predicted molar refractivity (Wildman–Crippen MR) is 107 cm³/mol. The van der Waals surface area contributed by atoms with Crippen LogP contribution in [-0.2, 0) is 6.54 Å². The lowest BCUT2D eigenvalue weighted by atomic mass is 10.1. The molecule has 5 aromatic rings. The van der Waals surface area contributed by atoms with E-state index in [9.17, 15) is 4.79 Å². The lowest BCUT2D eigenvalue weighted by Gasteiger charge is -2.13. The van der Waals surface area contributed by atoms with Crippen LogP contribution in [0.3, 0.4) is 0 Å². The molecule has 4 heteroatoms. The van der Waals surface area contributed by atoms with Crippen LogP contribution in [0.1, 0.15) is 5.76 Å². The number of nitrogens with zero attached hydrogens (tertiary/aromatic N) is 2. The highest BCUT2D eigenvalue weighted by Crippen LogP contribution is 2.24. The Hall–Kier alpha value is -3.66. The summed E-state index contributed by atoms with van der Waals surface area (Å²) in [5, 5.41) is 2.87. The van der Waals surface area contributed by atoms with Crippen LogP contribution in [0.5, 0.6) is 0 Å². The maximum Gasteiger partial charge on any atom is 0.262 e. The van der Waals surface area contributed by atoms with Gasteiger partial charge in [-0.2, -0.15) is 0 Å². The summed E-state index contributed by atoms with van der Waals surface area (Å²) in [4.78, 5) is 18.0. The van der Waals surface area contributed by atoms with Gasteiger partial charge >= 0.3 is 0 Å². The summed E-state index contributed by atoms with van der Waals surface area (Å²) in [5.74, 6) is 1.36. The largest absolute Gasteiger partial charge is 0.467 e. The summed E-state index contributed by atoms with van der Waals surface area (Å²) in [6.07, 6.45) is 1.62. The molecular formula is C23H16N2O2. The number of para-hydroxylation sites is 1. The van der Waals surface area contributed by atoms with Gasteiger partial charge in [0.15, 0.2) is 0 Å². The molecule has 0 bridgehead atoms. The van der Waals surface area contributed by atoms with Crippen LogP contribution in [0.4, 0.5) is 0 Å². The van der Waals surface area contributed by atoms with Gasteiger partial charge in [-0.25, -0.2) is 4.98 Å². The highest BCUT2D eigenvalue weighted by Gasteiger charge is 2.14. The van der Waals surface area contributed by atoms with E-state index >= 15 is 0 Å². The highest BCUT2D eigenvalue weighted by molar-refractivity contribution is 5.87. The molecule has 0 radical (unpaired) electrons. The second-order valence-corrected chi connectivity index (χ2v) is 6.49. The van der Waals surface area contributed by atoms with Crippen molar-refractivity contribution in [1.29, 1.82) is 0 Å². The van der Waals surface area contributed by atoms with Crippen molar-refractivity contribution in [3.8, 4) is 11.4 Å². The molecule has 5 rings (SSSR count). The third kappa shape index (κ3) is 2.72. The van der Waals surface area contributed by atoms with E-state index in [-0.39, 0.29) is 5.56 Å². The van der Waals surface area contributed by atoms with E-state index in [4.69, 9.17) is 9.40 Å². The molecule has 0 N–H and O–H groups in total. The molecule has 0 aliphatic rings. The van der Waals surface area contributed by atoms with E-state index in [1.54, 1.807) is 10.8 Å². The molecule has 2 heterocycles. The van der Waals surface area contributed by atoms with Crippen LogP contribution >= 0.6 is 0 Å². The molecular weight excluding hydrogens is 336 g/mol. The average molecular weight is 352 g/mol. The molecule has 4 nitrogen and oxygen atoms in total. The Labute approximate surface area is 155 Å². The van der Waals surface area contributed by atoms with Crippen molar-refractivity contribution in [2.75, 3.05) is 0 Å². The van der Waals surface area contributed by atoms with Crippen molar-refractivity contribution in [1.82, 2.24) is 9.55 Å². The van der Waals surface area contributed by atoms with Gasteiger partial charge in [0.05, 0.1) is 23.7 Å². The van der Waals surface area contributed by atoms with Crippen molar-refractivity contribution in [3.05, 3.63) is 101 Å². The summed E-state index contributed by atoms with van der Waals surface area (Å²) in [7, 11) is 0. The van der Waals surface area contributed by atoms with Crippen molar-refractivity contribution in [2.45, 2.75) is 6.54 Å². The molecule has 2 aromatic heterocycles. The Balaban J connectivity index is 1.79. The number of aromatic nitrogens is 2. The fraction of sp³-hybridized carbons (Fsp3) is 0.0435. The van der Waals surface area contributed by atoms with E-state index in [1.807, 2.05) is 54.6 Å². The Morgan fingerprint density at radius 2 is 1.67 bits per heavy atom. The van der Waals surface area contributed by atoms with Crippen LogP contribution in [-0.4, -0.2) is 9.55 Å². The summed E-state index contributed by atoms with van der Waals surface area (Å²) in [5.41, 5.74) is 1.53. The van der Waals surface area contributed by atoms with Crippen LogP contribution in [0.25, 0.3) is 33.1 Å². The molecule has 0 atom stereocenters. The number of benzene rings is 3. The van der Waals surface area contributed by atoms with Crippen LogP contribution < -0.4 is 5.56 Å². The molecule has 130 valence electrons. The van der Waals surface area contributed by atoms with Crippen molar-refractivity contribution >= 4 is 21.7 Å². The van der Waals surface area contributed by atoms with Crippen LogP contribution in [0, 0.1) is 0 Å². The maximum atomic E-state index is 13.2. The first-order valence-electron chi connectivity index (χ1n) is 8.81. The fourth-order valence-electron chi connectivity index (χ4n) is 3.42. The monoisotopic (exact) mass is 352 g/mol. The third-order valence-electron chi connectivity index (χ3n) is 4.76. The molecule has 0 saturated carbocycles. The topological polar surface area (TPSA) is 48.0 Å². The van der Waals surface area contributed by atoms with Gasteiger partial charge in [-0.1, -0.05) is 48.5 Å². The minimum atomic E-state index is -0.0693. The molecule has 0 fully saturated rings. The zero-order valence-electron chi connectivity index (χ0n) is 14.5. The summed E-state index contributed by atoms with van der Waals surface area (Å²) in [6.45, 7) is 0.339. The number of fused-ring (bicyclic) bond motifs is 2. The van der Waals surface area contributed by atoms with Crippen molar-refractivity contribution < 1.29 is 4.42 Å². The Kier molecular flexibility index (Phi) is 3.61. The first-order valence-corrected chi connectivity index (χ1v) is 8.81. The van der Waals surface area contributed by atoms with Crippen LogP contribution in [0.15, 0.2) is 94.3 Å². The molecule has 0 aliphatic carbocycles. The Morgan fingerprint density at radius 3 is 2.52 bits per heavy atom. The molecule has 0 unspecified atom stereocenters. The highest BCUT2D eigenvalue weighted by atomic mass is 16.3. The second kappa shape index (κ2) is 6.25. The molecule has 0 saturated heterocycles. The van der Waals surface area contributed by atoms with Gasteiger partial charge < -0.3 is 4.42 Å². The quantitative estimate of drug-likeness (QED) is 0.466. The number of hydrogen-bond donors (Lipinski definition) is 0. The Morgan fingerprint density at radius 1 is 0.852 bits per heavy atom. The molecule has 0 aliphatic heterocycles. The molecule has 27 heavy (non-hydrogen) atoms. The first kappa shape index (κ1) is 15.6. The Bertz CT molecular complexity index is 1320. The van der Waals surface area contributed by atoms with E-state index < -0.39 is 0 Å². The average Bonchev–Trinajstić information content (AvgIpc) is 3.23. The van der Waals surface area contributed by atoms with Gasteiger partial charge in [0.2, 0.25) is 0 Å². The van der Waals surface area contributed by atoms with E-state index in [2.05, 4.69) is 24.3 Å². The van der Waals surface area contributed by atoms with Gasteiger partial charge in [0, 0.05) is 5.56 Å². The molecule has 0 spiro atoms. The van der Waals surface area contributed by atoms with Crippen molar-refractivity contribution in [2.24, 2.45) is 0 Å². The first-order chi connectivity index (χ1) is 13.3. The lowest BCUT2D eigenvalue weighted by Crippen LogP contribution is -2.24. The minimum Gasteiger partial charge on any atom is -0.467 e. The summed E-state index contributed by atoms with van der Waals surface area (Å²) < 4.78 is 7.16. The van der Waals surface area contributed by atoms with Gasteiger partial charge in [0.25, 0.3) is 5.56 Å². The zero-order valence-corrected chi connectivity index (χ0v) is 14.5. The molecule has 3 aromatic carbocycles. The van der Waals surface area contributed by atoms with Crippen LogP contribution in [0.2, 0.25) is 0 Å². The number of hydrogen-bond acceptors (Lipinski definition) is 3. The molecule has 0 amide bonds. The SMILES string of the molecule is O=c1c2ccccc2nc(-c2ccc3ccccc3c2)n1Cc1ccco1. The smallest absolute Gasteiger partial charge is 0.262 e. The van der Waals surface area contributed by atoms with Gasteiger partial charge in [-0.3, -0.25) is 9.36 Å². The minimum absolute atomic E-state index is 0.0693. The summed E-state index contributed by atoms with van der Waals surface area (Å²) >= 11 is 0. The third-order valence-corrected chi connectivity index (χ3v) is 4.76. The maximum absolute atomic E-state index is 13.2. The number of furan rings is 1. The predicted octanol–water partition coefficient (Wildman–Crippen LogP) is 4.86. The van der Waals surface area contributed by atoms with E-state index in [0.717, 1.165) is 22.1 Å². The normalized spacial score (nSPS) is 11.3. The second-order valence-electron chi connectivity index (χ2n) is 6.49. The summed E-state index contributed by atoms with van der Waals surface area (Å²) in [6, 6.07) is 25.4. The standard InChI is InChI=1S/C23H16N2O2/c26-23-20-9-3-4-10-21(20)24-22(25(23)15-19-8-5-13-27-19)18-12-11-16-6-1-2-7-17(16)14-18/h1-14H,15H2. The van der Waals surface area contributed by atoms with Gasteiger partial charge in [-0.05, 0) is 41.1 Å². The lowest BCUT2D eigenvalue weighted by molar-refractivity contribution is 0.490. The van der Waals surface area contributed by atoms with Gasteiger partial charge in [0.1, 0.15) is 11.6 Å². The van der Waals surface area contributed by atoms with E-state index in [0.29, 0.717) is 23.3 Å². The zero-order chi connectivity index (χ0) is 18.2. The van der Waals surface area contributed by atoms with Gasteiger partial charge in [-0.15, -0.1) is 0 Å². The van der Waals surface area contributed by atoms with Crippen molar-refractivity contribution in [3.63, 3.8) is 0 Å². The fourth-order valence-corrected chi connectivity index (χ4v) is 3.42. The number of rotatable bonds is 3. The van der Waals surface area contributed by atoms with E-state index in [1.165, 1.54) is 0 Å².